The van der Waals surface area contributed by atoms with E-state index in [0.717, 1.165) is 22.1 Å². The average Bonchev–Trinajstić information content (AvgIpc) is 3.03. The molecule has 0 fully saturated rings. The number of carbonyl (C=O) groups is 2. The Kier molecular flexibility index (Phi) is 5.76. The number of hydrogen-bond acceptors (Lipinski definition) is 4. The number of nitrogens with one attached hydrogen (secondary N) is 1. The van der Waals surface area contributed by atoms with Crippen LogP contribution in [-0.2, 0) is 0 Å². The highest BCUT2D eigenvalue weighted by atomic mass is 32.1. The van der Waals surface area contributed by atoms with E-state index in [1.54, 1.807) is 17.9 Å². The number of hydrogen-bond donors (Lipinski definition) is 1. The molecule has 0 aliphatic rings. The van der Waals surface area contributed by atoms with Crippen LogP contribution in [0.3, 0.4) is 0 Å². The van der Waals surface area contributed by atoms with Crippen LogP contribution in [0.15, 0.2) is 42.5 Å². The fourth-order valence-electron chi connectivity index (χ4n) is 3.19. The molecular weight excluding hydrogens is 370 g/mol. The summed E-state index contributed by atoms with van der Waals surface area (Å²) >= 11 is 1.16. The Labute approximate surface area is 168 Å². The van der Waals surface area contributed by atoms with Gasteiger partial charge >= 0.3 is 0 Å². The maximum atomic E-state index is 12.9. The first-order valence-electron chi connectivity index (χ1n) is 9.13. The van der Waals surface area contributed by atoms with Crippen molar-refractivity contribution in [1.82, 2.24) is 4.90 Å². The summed E-state index contributed by atoms with van der Waals surface area (Å²) in [5.74, 6) is -0.411. The second-order valence-electron chi connectivity index (χ2n) is 6.33. The molecule has 3 aromatic rings. The minimum absolute atomic E-state index is 0.116. The normalized spacial score (nSPS) is 10.5. The van der Waals surface area contributed by atoms with E-state index < -0.39 is 0 Å². The summed E-state index contributed by atoms with van der Waals surface area (Å²) in [7, 11) is 0. The largest absolute Gasteiger partial charge is 0.338 e. The molecule has 2 aromatic carbocycles. The van der Waals surface area contributed by atoms with E-state index in [9.17, 15) is 14.9 Å². The molecule has 142 valence electrons. The van der Waals surface area contributed by atoms with Crippen LogP contribution in [0, 0.1) is 18.3 Å². The third-order valence-electron chi connectivity index (χ3n) is 4.76. The van der Waals surface area contributed by atoms with Crippen molar-refractivity contribution < 1.29 is 9.59 Å². The van der Waals surface area contributed by atoms with E-state index in [1.807, 2.05) is 50.2 Å². The minimum Gasteiger partial charge on any atom is -0.338 e. The molecule has 3 rings (SSSR count). The third-order valence-corrected chi connectivity index (χ3v) is 5.96. The van der Waals surface area contributed by atoms with Crippen molar-refractivity contribution >= 4 is 38.9 Å². The SMILES string of the molecule is CCN(CC)C(=O)c1sc(NC(=O)c2cccc3ccccc23)c(C#N)c1C. The van der Waals surface area contributed by atoms with Crippen LogP contribution in [0.2, 0.25) is 0 Å². The zero-order valence-electron chi connectivity index (χ0n) is 16.1. The van der Waals surface area contributed by atoms with Gasteiger partial charge in [-0.1, -0.05) is 36.4 Å². The van der Waals surface area contributed by atoms with Gasteiger partial charge in [0, 0.05) is 18.7 Å². The first kappa shape index (κ1) is 19.6. The highest BCUT2D eigenvalue weighted by molar-refractivity contribution is 7.18. The minimum atomic E-state index is -0.295. The fraction of sp³-hybridized carbons (Fsp3) is 0.227. The zero-order chi connectivity index (χ0) is 20.3. The van der Waals surface area contributed by atoms with Crippen molar-refractivity contribution in [2.75, 3.05) is 18.4 Å². The molecule has 0 aliphatic carbocycles. The van der Waals surface area contributed by atoms with E-state index in [4.69, 9.17) is 0 Å². The summed E-state index contributed by atoms with van der Waals surface area (Å²) < 4.78 is 0. The average molecular weight is 391 g/mol. The Morgan fingerprint density at radius 1 is 1.11 bits per heavy atom. The molecule has 0 bridgehead atoms. The highest BCUT2D eigenvalue weighted by Gasteiger charge is 2.24. The summed E-state index contributed by atoms with van der Waals surface area (Å²) in [6.07, 6.45) is 0. The molecule has 0 saturated carbocycles. The fourth-order valence-corrected chi connectivity index (χ4v) is 4.31. The van der Waals surface area contributed by atoms with Crippen LogP contribution >= 0.6 is 11.3 Å². The first-order chi connectivity index (χ1) is 13.5. The summed E-state index contributed by atoms with van der Waals surface area (Å²) in [6, 6.07) is 15.3. The van der Waals surface area contributed by atoms with Gasteiger partial charge < -0.3 is 10.2 Å². The van der Waals surface area contributed by atoms with Gasteiger partial charge in [-0.05, 0) is 43.2 Å². The van der Waals surface area contributed by atoms with Crippen molar-refractivity contribution in [3.8, 4) is 6.07 Å². The molecule has 1 aromatic heterocycles. The zero-order valence-corrected chi connectivity index (χ0v) is 16.9. The van der Waals surface area contributed by atoms with Gasteiger partial charge in [0.25, 0.3) is 11.8 Å². The summed E-state index contributed by atoms with van der Waals surface area (Å²) in [5, 5.41) is 14.7. The van der Waals surface area contributed by atoms with Crippen molar-refractivity contribution in [2.24, 2.45) is 0 Å². The molecule has 5 nitrogen and oxygen atoms in total. The molecule has 0 saturated heterocycles. The van der Waals surface area contributed by atoms with Crippen LogP contribution in [0.5, 0.6) is 0 Å². The lowest BCUT2D eigenvalue weighted by Crippen LogP contribution is -2.30. The molecule has 0 aliphatic heterocycles. The Hall–Kier alpha value is -3.17. The predicted octanol–water partition coefficient (Wildman–Crippen LogP) is 4.82. The van der Waals surface area contributed by atoms with E-state index in [0.29, 0.717) is 39.7 Å². The number of fused-ring (bicyclic) bond motifs is 1. The standard InChI is InChI=1S/C22H21N3O2S/c1-4-25(5-2)22(27)19-14(3)18(13-23)21(28-19)24-20(26)17-12-8-10-15-9-6-7-11-16(15)17/h6-12H,4-5H2,1-3H3,(H,24,26). The second-order valence-corrected chi connectivity index (χ2v) is 7.35. The number of anilines is 1. The van der Waals surface area contributed by atoms with Gasteiger partial charge in [0.1, 0.15) is 11.1 Å². The Balaban J connectivity index is 1.98. The topological polar surface area (TPSA) is 73.2 Å². The Morgan fingerprint density at radius 3 is 2.46 bits per heavy atom. The van der Waals surface area contributed by atoms with Crippen molar-refractivity contribution in [1.29, 1.82) is 5.26 Å². The van der Waals surface area contributed by atoms with Crippen LogP contribution in [-0.4, -0.2) is 29.8 Å². The molecule has 0 atom stereocenters. The number of nitrogens with zero attached hydrogens (tertiary/aromatic N) is 2. The van der Waals surface area contributed by atoms with Crippen molar-refractivity contribution in [3.63, 3.8) is 0 Å². The molecule has 1 heterocycles. The molecule has 1 N–H and O–H groups in total. The van der Waals surface area contributed by atoms with Crippen molar-refractivity contribution in [2.45, 2.75) is 20.8 Å². The second kappa shape index (κ2) is 8.24. The number of benzene rings is 2. The molecular formula is C22H21N3O2S. The Bertz CT molecular complexity index is 1090. The van der Waals surface area contributed by atoms with E-state index in [2.05, 4.69) is 11.4 Å². The molecule has 2 amide bonds. The summed E-state index contributed by atoms with van der Waals surface area (Å²) in [5.41, 5.74) is 1.48. The van der Waals surface area contributed by atoms with Gasteiger partial charge in [-0.25, -0.2) is 0 Å². The number of nitriles is 1. The molecule has 0 radical (unpaired) electrons. The Morgan fingerprint density at radius 2 is 1.79 bits per heavy atom. The monoisotopic (exact) mass is 391 g/mol. The number of amides is 2. The maximum absolute atomic E-state index is 12.9. The molecule has 0 unspecified atom stereocenters. The van der Waals surface area contributed by atoms with Crippen LogP contribution in [0.4, 0.5) is 5.00 Å². The quantitative estimate of drug-likeness (QED) is 0.678. The predicted molar refractivity (Wildman–Crippen MR) is 113 cm³/mol. The van der Waals surface area contributed by atoms with Gasteiger partial charge in [-0.3, -0.25) is 9.59 Å². The molecule has 0 spiro atoms. The van der Waals surface area contributed by atoms with Gasteiger partial charge in [-0.2, -0.15) is 5.26 Å². The maximum Gasteiger partial charge on any atom is 0.264 e. The van der Waals surface area contributed by atoms with E-state index in [1.165, 1.54) is 0 Å². The number of thiophene rings is 1. The summed E-state index contributed by atoms with van der Waals surface area (Å²) in [4.78, 5) is 27.9. The third kappa shape index (κ3) is 3.49. The van der Waals surface area contributed by atoms with E-state index in [-0.39, 0.29) is 11.8 Å². The smallest absolute Gasteiger partial charge is 0.264 e. The number of rotatable bonds is 5. The van der Waals surface area contributed by atoms with Crippen LogP contribution in [0.1, 0.15) is 45.0 Å². The van der Waals surface area contributed by atoms with Crippen LogP contribution in [0.25, 0.3) is 10.8 Å². The molecule has 28 heavy (non-hydrogen) atoms. The van der Waals surface area contributed by atoms with E-state index >= 15 is 0 Å². The number of carbonyl (C=O) groups excluding carboxylic acids is 2. The van der Waals surface area contributed by atoms with Crippen molar-refractivity contribution in [3.05, 3.63) is 64.0 Å². The lowest BCUT2D eigenvalue weighted by atomic mass is 10.0. The molecule has 6 heteroatoms. The van der Waals surface area contributed by atoms with Gasteiger partial charge in [0.15, 0.2) is 0 Å². The van der Waals surface area contributed by atoms with Gasteiger partial charge in [0.2, 0.25) is 0 Å². The highest BCUT2D eigenvalue weighted by Crippen LogP contribution is 2.34. The first-order valence-corrected chi connectivity index (χ1v) is 9.95. The van der Waals surface area contributed by atoms with Gasteiger partial charge in [0.05, 0.1) is 10.4 Å². The van der Waals surface area contributed by atoms with Crippen LogP contribution < -0.4 is 5.32 Å². The lowest BCUT2D eigenvalue weighted by Gasteiger charge is -2.17. The summed E-state index contributed by atoms with van der Waals surface area (Å²) in [6.45, 7) is 6.76. The lowest BCUT2D eigenvalue weighted by molar-refractivity contribution is 0.0777. The van der Waals surface area contributed by atoms with Gasteiger partial charge in [-0.15, -0.1) is 11.3 Å².